The highest BCUT2D eigenvalue weighted by molar-refractivity contribution is 7.10. The Balaban J connectivity index is 0.00000325. The van der Waals surface area contributed by atoms with Crippen molar-refractivity contribution in [1.82, 2.24) is 20.1 Å². The molecule has 49 heavy (non-hydrogen) atoms. The van der Waals surface area contributed by atoms with Crippen molar-refractivity contribution in [2.24, 2.45) is 0 Å². The molecular weight excluding hydrogens is 695 g/mol. The van der Waals surface area contributed by atoms with Crippen LogP contribution in [0.2, 0.25) is 0 Å². The molecule has 258 valence electrons. The first-order valence-corrected chi connectivity index (χ1v) is 15.7. The maximum absolute atomic E-state index is 15.3. The summed E-state index contributed by atoms with van der Waals surface area (Å²) in [5.74, 6) is -2.30. The molecule has 0 saturated carbocycles. The van der Waals surface area contributed by atoms with E-state index >= 15 is 4.39 Å². The van der Waals surface area contributed by atoms with Crippen LogP contribution in [0.5, 0.6) is 0 Å². The van der Waals surface area contributed by atoms with Crippen molar-refractivity contribution in [1.29, 1.82) is 5.26 Å². The fraction of sp³-hybridized carbons (Fsp3) is 0.265. The second-order valence-electron chi connectivity index (χ2n) is 11.1. The van der Waals surface area contributed by atoms with Gasteiger partial charge in [0.25, 0.3) is 6.33 Å². The highest BCUT2D eigenvalue weighted by atomic mass is 35.5. The summed E-state index contributed by atoms with van der Waals surface area (Å²) in [6.45, 7) is 3.65. The Morgan fingerprint density at radius 3 is 2.59 bits per heavy atom. The second-order valence-corrected chi connectivity index (χ2v) is 12.0. The van der Waals surface area contributed by atoms with Crippen LogP contribution in [-0.2, 0) is 23.4 Å². The minimum absolute atomic E-state index is 0. The Morgan fingerprint density at radius 1 is 1.18 bits per heavy atom. The first kappa shape index (κ1) is 39.0. The van der Waals surface area contributed by atoms with E-state index in [1.807, 2.05) is 36.7 Å². The molecule has 15 heteroatoms. The summed E-state index contributed by atoms with van der Waals surface area (Å²) in [4.78, 5) is 19.2. The van der Waals surface area contributed by atoms with Crippen molar-refractivity contribution in [2.75, 3.05) is 19.0 Å². The molecule has 3 aromatic carbocycles. The minimum atomic E-state index is -1.99. The van der Waals surface area contributed by atoms with Crippen LogP contribution < -0.4 is 27.2 Å². The number of amides is 1. The molecule has 1 amide bonds. The van der Waals surface area contributed by atoms with Crippen LogP contribution >= 0.6 is 23.7 Å². The number of aromatic nitrogens is 4. The third-order valence-electron chi connectivity index (χ3n) is 8.00. The number of carbonyl (C=O) groups excluding carboxylic acids is 1. The summed E-state index contributed by atoms with van der Waals surface area (Å²) in [6.07, 6.45) is 1.56. The largest absolute Gasteiger partial charge is 1.00 e. The van der Waals surface area contributed by atoms with E-state index in [0.717, 1.165) is 29.3 Å². The number of nitrogens with zero attached hydrogens (tertiary/aromatic N) is 6. The number of thiazole rings is 1. The lowest BCUT2D eigenvalue weighted by molar-refractivity contribution is -0.753. The van der Waals surface area contributed by atoms with E-state index in [2.05, 4.69) is 16.5 Å². The van der Waals surface area contributed by atoms with Gasteiger partial charge in [0.05, 0.1) is 28.0 Å². The van der Waals surface area contributed by atoms with Gasteiger partial charge >= 0.3 is 6.09 Å². The molecule has 0 spiro atoms. The Hall–Kier alpha value is -4.45. The smallest absolute Gasteiger partial charge is 0.416 e. The van der Waals surface area contributed by atoms with E-state index in [1.54, 1.807) is 45.2 Å². The fourth-order valence-corrected chi connectivity index (χ4v) is 6.21. The molecule has 0 aliphatic carbocycles. The number of nitriles is 1. The molecule has 0 radical (unpaired) electrons. The zero-order chi connectivity index (χ0) is 33.7. The highest BCUT2D eigenvalue weighted by Crippen LogP contribution is 2.41. The first-order chi connectivity index (χ1) is 22.5. The summed E-state index contributed by atoms with van der Waals surface area (Å²) in [5, 5.41) is 31.1. The lowest BCUT2D eigenvalue weighted by atomic mass is 9.82. The minimum Gasteiger partial charge on any atom is -1.00 e. The van der Waals surface area contributed by atoms with E-state index in [4.69, 9.17) is 15.0 Å². The van der Waals surface area contributed by atoms with E-state index in [1.165, 1.54) is 38.1 Å². The summed E-state index contributed by atoms with van der Waals surface area (Å²) in [7, 11) is 3.44. The summed E-state index contributed by atoms with van der Waals surface area (Å²) >= 11 is 1.27. The van der Waals surface area contributed by atoms with E-state index in [0.29, 0.717) is 28.5 Å². The molecule has 5 aromatic rings. The SMILES string of the molecule is CNCc1ccccc1N(C)C(=O)OC(C)[n+]1cnn(CC(O)(c2cc(F)ccc2F)C(C)c2nc(-c3ccc(C#N)cc3)cs2)c1.Cl.[Cl-]. The number of halogens is 4. The maximum atomic E-state index is 15.3. The van der Waals surface area contributed by atoms with Crippen molar-refractivity contribution in [3.8, 4) is 17.3 Å². The zero-order valence-electron chi connectivity index (χ0n) is 27.0. The van der Waals surface area contributed by atoms with Gasteiger partial charge in [-0.05, 0) is 49.0 Å². The highest BCUT2D eigenvalue weighted by Gasteiger charge is 2.43. The number of hydrogen-bond acceptors (Lipinski definition) is 8. The van der Waals surface area contributed by atoms with Crippen LogP contribution in [0.3, 0.4) is 0 Å². The number of carbonyl (C=O) groups is 1. The van der Waals surface area contributed by atoms with Crippen LogP contribution in [-0.4, -0.2) is 40.1 Å². The van der Waals surface area contributed by atoms with Gasteiger partial charge in [0.15, 0.2) is 0 Å². The fourth-order valence-electron chi connectivity index (χ4n) is 5.24. The molecule has 2 N–H and O–H groups in total. The lowest BCUT2D eigenvalue weighted by Gasteiger charge is -2.32. The average molecular weight is 731 g/mol. The molecule has 0 saturated heterocycles. The lowest BCUT2D eigenvalue weighted by Crippen LogP contribution is -3.00. The standard InChI is InChI=1S/C34H34F2N7O3S.2ClH/c1-22(32-40-30(18-47-32)25-11-9-24(16-37)10-12-25)34(45,28-15-27(35)13-14-29(28)36)19-43-21-42(20-39-43)23(2)46-33(44)41(4)31-8-6-5-7-26(31)17-38-3;;/h5-15,18,20-23,38,45H,17,19H2,1-4H3;2*1H/q+1;;/p-1. The third kappa shape index (κ3) is 8.59. The van der Waals surface area contributed by atoms with E-state index < -0.39 is 35.5 Å². The summed E-state index contributed by atoms with van der Waals surface area (Å²) in [6, 6.07) is 19.4. The van der Waals surface area contributed by atoms with Crippen molar-refractivity contribution >= 4 is 35.5 Å². The number of aliphatic hydroxyl groups is 1. The number of ether oxygens (including phenoxy) is 1. The molecule has 2 heterocycles. The number of para-hydroxylation sites is 1. The molecule has 0 aliphatic rings. The number of nitrogens with one attached hydrogen (secondary N) is 1. The normalized spacial score (nSPS) is 13.2. The van der Waals surface area contributed by atoms with Gasteiger partial charge in [-0.15, -0.1) is 28.4 Å². The van der Waals surface area contributed by atoms with Crippen molar-refractivity contribution in [3.05, 3.63) is 118 Å². The summed E-state index contributed by atoms with van der Waals surface area (Å²) < 4.78 is 38.4. The molecule has 2 aromatic heterocycles. The third-order valence-corrected chi connectivity index (χ3v) is 9.03. The quantitative estimate of drug-likeness (QED) is 0.201. The molecule has 10 nitrogen and oxygen atoms in total. The van der Waals surface area contributed by atoms with Crippen LogP contribution in [0, 0.1) is 23.0 Å². The summed E-state index contributed by atoms with van der Waals surface area (Å²) in [5.41, 5.74) is 1.28. The predicted octanol–water partition coefficient (Wildman–Crippen LogP) is 3.07. The molecule has 0 fully saturated rings. The molecule has 0 aliphatic heterocycles. The molecule has 5 rings (SSSR count). The van der Waals surface area contributed by atoms with Crippen LogP contribution in [0.15, 0.2) is 84.8 Å². The van der Waals surface area contributed by atoms with Crippen molar-refractivity contribution < 1.29 is 40.4 Å². The van der Waals surface area contributed by atoms with E-state index in [9.17, 15) is 14.3 Å². The van der Waals surface area contributed by atoms with Gasteiger partial charge in [-0.25, -0.2) is 18.6 Å². The monoisotopic (exact) mass is 729 g/mol. The van der Waals surface area contributed by atoms with Gasteiger partial charge in [-0.1, -0.05) is 37.3 Å². The molecule has 3 unspecified atom stereocenters. The first-order valence-electron chi connectivity index (χ1n) is 14.8. The van der Waals surface area contributed by atoms with Crippen molar-refractivity contribution in [3.63, 3.8) is 0 Å². The maximum Gasteiger partial charge on any atom is 0.416 e. The van der Waals surface area contributed by atoms with Crippen LogP contribution in [0.25, 0.3) is 11.3 Å². The molecule has 0 bridgehead atoms. The van der Waals surface area contributed by atoms with Gasteiger partial charge in [0.2, 0.25) is 12.6 Å². The van der Waals surface area contributed by atoms with Gasteiger partial charge in [-0.3, -0.25) is 4.90 Å². The molecule has 3 atom stereocenters. The predicted molar refractivity (Wildman–Crippen MR) is 179 cm³/mol. The zero-order valence-corrected chi connectivity index (χ0v) is 29.4. The number of anilines is 1. The topological polar surface area (TPSA) is 120 Å². The molecular formula is C34H35Cl2F2N7O3S. The Kier molecular flexibility index (Phi) is 13.4. The van der Waals surface area contributed by atoms with E-state index in [-0.39, 0.29) is 36.9 Å². The van der Waals surface area contributed by atoms with Gasteiger partial charge in [0, 0.05) is 48.0 Å². The number of benzene rings is 3. The number of rotatable bonds is 11. The van der Waals surface area contributed by atoms with Crippen LogP contribution in [0.1, 0.15) is 47.7 Å². The van der Waals surface area contributed by atoms with Gasteiger partial charge < -0.3 is 27.6 Å². The number of hydrogen-bond donors (Lipinski definition) is 2. The van der Waals surface area contributed by atoms with Gasteiger partial charge in [0.1, 0.15) is 23.8 Å². The van der Waals surface area contributed by atoms with Crippen molar-refractivity contribution in [2.45, 2.75) is 44.7 Å². The Labute approximate surface area is 299 Å². The Morgan fingerprint density at radius 2 is 1.90 bits per heavy atom. The van der Waals surface area contributed by atoms with Crippen LogP contribution in [0.4, 0.5) is 19.3 Å². The average Bonchev–Trinajstić information content (AvgIpc) is 3.76. The second kappa shape index (κ2) is 16.8. The Bertz CT molecular complexity index is 1920. The van der Waals surface area contributed by atoms with Gasteiger partial charge in [-0.2, -0.15) is 9.83 Å².